The van der Waals surface area contributed by atoms with Crippen LogP contribution >= 0.6 is 0 Å². The maximum atomic E-state index is 12.8. The third-order valence-electron chi connectivity index (χ3n) is 6.16. The summed E-state index contributed by atoms with van der Waals surface area (Å²) >= 11 is 0. The average Bonchev–Trinajstić information content (AvgIpc) is 3.29. The zero-order chi connectivity index (χ0) is 21.6. The lowest BCUT2D eigenvalue weighted by Gasteiger charge is -2.46. The third-order valence-corrected chi connectivity index (χ3v) is 6.16. The second kappa shape index (κ2) is 7.49. The van der Waals surface area contributed by atoms with E-state index in [1.54, 1.807) is 10.6 Å². The number of piperidine rings is 1. The van der Waals surface area contributed by atoms with Gasteiger partial charge in [0.2, 0.25) is 0 Å². The SMILES string of the molecule is CC1CC(C2C=Cc3[nH]c(=O)n(C)c3N2CC(C)(C)C)CCN1C(=O)c1ccon1. The number of carbonyl (C=O) groups is 1. The Morgan fingerprint density at radius 2 is 2.13 bits per heavy atom. The molecule has 1 amide bonds. The molecule has 1 saturated heterocycles. The maximum absolute atomic E-state index is 12.8. The van der Waals surface area contributed by atoms with Crippen molar-refractivity contribution in [1.29, 1.82) is 0 Å². The van der Waals surface area contributed by atoms with Crippen LogP contribution in [0.3, 0.4) is 0 Å². The molecule has 2 aromatic heterocycles. The second-order valence-electron chi connectivity index (χ2n) is 9.78. The molecule has 162 valence electrons. The van der Waals surface area contributed by atoms with Gasteiger partial charge in [0.05, 0.1) is 11.7 Å². The van der Waals surface area contributed by atoms with Crippen LogP contribution in [-0.4, -0.2) is 50.7 Å². The van der Waals surface area contributed by atoms with Gasteiger partial charge >= 0.3 is 5.69 Å². The number of rotatable bonds is 3. The Morgan fingerprint density at radius 1 is 1.37 bits per heavy atom. The van der Waals surface area contributed by atoms with Gasteiger partial charge in [-0.15, -0.1) is 0 Å². The van der Waals surface area contributed by atoms with Crippen LogP contribution in [0.2, 0.25) is 0 Å². The molecule has 0 radical (unpaired) electrons. The fraction of sp³-hybridized carbons (Fsp3) is 0.591. The summed E-state index contributed by atoms with van der Waals surface area (Å²) in [5.74, 6) is 1.27. The smallest absolute Gasteiger partial charge is 0.327 e. The van der Waals surface area contributed by atoms with E-state index in [0.717, 1.165) is 30.9 Å². The van der Waals surface area contributed by atoms with Crippen LogP contribution in [0.5, 0.6) is 0 Å². The molecule has 0 saturated carbocycles. The minimum atomic E-state index is -0.0920. The lowest BCUT2D eigenvalue weighted by Crippen LogP contribution is -2.52. The Kier molecular flexibility index (Phi) is 5.11. The van der Waals surface area contributed by atoms with Crippen molar-refractivity contribution >= 4 is 17.8 Å². The van der Waals surface area contributed by atoms with Crippen LogP contribution in [-0.2, 0) is 7.05 Å². The van der Waals surface area contributed by atoms with Gasteiger partial charge in [-0.25, -0.2) is 4.79 Å². The van der Waals surface area contributed by atoms with E-state index in [1.807, 2.05) is 18.0 Å². The first-order valence-electron chi connectivity index (χ1n) is 10.6. The number of likely N-dealkylation sites (tertiary alicyclic amines) is 1. The molecule has 3 atom stereocenters. The number of amides is 1. The molecule has 1 fully saturated rings. The first kappa shape index (κ1) is 20.5. The van der Waals surface area contributed by atoms with Crippen molar-refractivity contribution < 1.29 is 9.32 Å². The lowest BCUT2D eigenvalue weighted by molar-refractivity contribution is 0.0554. The van der Waals surface area contributed by atoms with Crippen LogP contribution in [0.4, 0.5) is 5.82 Å². The number of imidazole rings is 1. The number of nitrogens with one attached hydrogen (secondary N) is 1. The third kappa shape index (κ3) is 3.70. The van der Waals surface area contributed by atoms with Crippen molar-refractivity contribution in [3.63, 3.8) is 0 Å². The van der Waals surface area contributed by atoms with Crippen molar-refractivity contribution in [1.82, 2.24) is 19.6 Å². The highest BCUT2D eigenvalue weighted by Gasteiger charge is 2.39. The van der Waals surface area contributed by atoms with E-state index >= 15 is 0 Å². The molecule has 2 aliphatic rings. The molecule has 0 bridgehead atoms. The predicted molar refractivity (Wildman–Crippen MR) is 115 cm³/mol. The molecular weight excluding hydrogens is 382 g/mol. The van der Waals surface area contributed by atoms with Gasteiger partial charge in [0, 0.05) is 32.2 Å². The molecule has 0 aliphatic carbocycles. The minimum Gasteiger partial charge on any atom is -0.364 e. The number of carbonyl (C=O) groups excluding carboxylic acids is 1. The summed E-state index contributed by atoms with van der Waals surface area (Å²) in [6.45, 7) is 10.3. The Labute approximate surface area is 176 Å². The summed E-state index contributed by atoms with van der Waals surface area (Å²) < 4.78 is 6.55. The number of aromatic nitrogens is 3. The Morgan fingerprint density at radius 3 is 2.77 bits per heavy atom. The van der Waals surface area contributed by atoms with Crippen LogP contribution in [0.25, 0.3) is 6.08 Å². The van der Waals surface area contributed by atoms with Crippen LogP contribution in [0.15, 0.2) is 27.7 Å². The van der Waals surface area contributed by atoms with Gasteiger partial charge in [0.15, 0.2) is 5.69 Å². The van der Waals surface area contributed by atoms with Crippen molar-refractivity contribution in [2.24, 2.45) is 18.4 Å². The van der Waals surface area contributed by atoms with E-state index in [9.17, 15) is 9.59 Å². The van der Waals surface area contributed by atoms with E-state index in [0.29, 0.717) is 18.2 Å². The highest BCUT2D eigenvalue weighted by Crippen LogP contribution is 2.37. The molecule has 4 heterocycles. The monoisotopic (exact) mass is 413 g/mol. The summed E-state index contributed by atoms with van der Waals surface area (Å²) in [4.78, 5) is 32.3. The van der Waals surface area contributed by atoms with Gasteiger partial charge in [-0.05, 0) is 37.2 Å². The summed E-state index contributed by atoms with van der Waals surface area (Å²) in [5.41, 5.74) is 1.21. The van der Waals surface area contributed by atoms with Crippen LogP contribution < -0.4 is 10.6 Å². The molecule has 30 heavy (non-hydrogen) atoms. The van der Waals surface area contributed by atoms with Crippen molar-refractivity contribution in [2.75, 3.05) is 18.0 Å². The fourth-order valence-electron chi connectivity index (χ4n) is 4.83. The molecular formula is C22H31N5O3. The van der Waals surface area contributed by atoms with E-state index in [1.165, 1.54) is 6.26 Å². The van der Waals surface area contributed by atoms with Crippen molar-refractivity contribution in [3.05, 3.63) is 40.3 Å². The molecule has 0 aromatic carbocycles. The van der Waals surface area contributed by atoms with Gasteiger partial charge in [0.1, 0.15) is 12.1 Å². The zero-order valence-electron chi connectivity index (χ0n) is 18.4. The van der Waals surface area contributed by atoms with Crippen LogP contribution in [0.1, 0.15) is 56.7 Å². The van der Waals surface area contributed by atoms with Gasteiger partial charge in [-0.1, -0.05) is 32.0 Å². The number of hydrogen-bond donors (Lipinski definition) is 1. The number of aromatic amines is 1. The fourth-order valence-corrected chi connectivity index (χ4v) is 4.83. The predicted octanol–water partition coefficient (Wildman–Crippen LogP) is 2.89. The average molecular weight is 414 g/mol. The molecule has 2 aromatic rings. The minimum absolute atomic E-state index is 0.0727. The highest BCUT2D eigenvalue weighted by molar-refractivity contribution is 5.92. The van der Waals surface area contributed by atoms with E-state index in [-0.39, 0.29) is 29.1 Å². The Bertz CT molecular complexity index is 995. The largest absolute Gasteiger partial charge is 0.364 e. The highest BCUT2D eigenvalue weighted by atomic mass is 16.5. The van der Waals surface area contributed by atoms with Crippen molar-refractivity contribution in [2.45, 2.75) is 52.6 Å². The zero-order valence-corrected chi connectivity index (χ0v) is 18.4. The normalized spacial score (nSPS) is 24.2. The summed E-state index contributed by atoms with van der Waals surface area (Å²) in [7, 11) is 1.82. The number of H-pyrrole nitrogens is 1. The molecule has 3 unspecified atom stereocenters. The van der Waals surface area contributed by atoms with Crippen LogP contribution in [0, 0.1) is 11.3 Å². The number of anilines is 1. The lowest BCUT2D eigenvalue weighted by atomic mass is 9.82. The molecule has 1 N–H and O–H groups in total. The van der Waals surface area contributed by atoms with Gasteiger partial charge in [-0.3, -0.25) is 9.36 Å². The molecule has 4 rings (SSSR count). The second-order valence-corrected chi connectivity index (χ2v) is 9.78. The topological polar surface area (TPSA) is 87.4 Å². The van der Waals surface area contributed by atoms with E-state index in [2.05, 4.69) is 48.8 Å². The van der Waals surface area contributed by atoms with Crippen molar-refractivity contribution in [3.8, 4) is 0 Å². The summed E-state index contributed by atoms with van der Waals surface area (Å²) in [6, 6.07) is 1.91. The Hall–Kier alpha value is -2.77. The number of hydrogen-bond acceptors (Lipinski definition) is 5. The summed E-state index contributed by atoms with van der Waals surface area (Å²) in [5, 5.41) is 3.80. The van der Waals surface area contributed by atoms with E-state index in [4.69, 9.17) is 4.52 Å². The molecule has 0 spiro atoms. The quantitative estimate of drug-likeness (QED) is 0.836. The van der Waals surface area contributed by atoms with E-state index < -0.39 is 0 Å². The summed E-state index contributed by atoms with van der Waals surface area (Å²) in [6.07, 6.45) is 7.49. The number of nitrogens with zero attached hydrogens (tertiary/aromatic N) is 4. The first-order chi connectivity index (χ1) is 14.2. The van der Waals surface area contributed by atoms with Gasteiger partial charge < -0.3 is 19.3 Å². The Balaban J connectivity index is 1.57. The number of fused-ring (bicyclic) bond motifs is 1. The van der Waals surface area contributed by atoms with Gasteiger partial charge in [-0.2, -0.15) is 0 Å². The molecule has 8 heteroatoms. The molecule has 2 aliphatic heterocycles. The standard InChI is InChI=1S/C22H31N5O3/c1-14-12-15(8-10-26(14)20(28)17-9-11-30-24-17)18-7-6-16-19(25(5)21(29)23-16)27(18)13-22(2,3)4/h6-7,9,11,14-15,18H,8,10,12-13H2,1-5H3,(H,23,29). The maximum Gasteiger partial charge on any atom is 0.327 e. The first-order valence-corrected chi connectivity index (χ1v) is 10.6. The van der Waals surface area contributed by atoms with Gasteiger partial charge in [0.25, 0.3) is 5.91 Å². The molecule has 8 nitrogen and oxygen atoms in total.